The van der Waals surface area contributed by atoms with Gasteiger partial charge in [-0.1, -0.05) is 12.1 Å². The summed E-state index contributed by atoms with van der Waals surface area (Å²) in [7, 11) is 0. The van der Waals surface area contributed by atoms with Gasteiger partial charge in [-0.3, -0.25) is 28.8 Å². The van der Waals surface area contributed by atoms with Crippen molar-refractivity contribution < 1.29 is 33.5 Å². The third-order valence-corrected chi connectivity index (χ3v) is 6.52. The molecule has 0 aromatic heterocycles. The van der Waals surface area contributed by atoms with Crippen molar-refractivity contribution >= 4 is 47.6 Å². The molecule has 4 amide bonds. The number of carbonyl (C=O) groups is 6. The largest absolute Gasteiger partial charge is 0.457 e. The van der Waals surface area contributed by atoms with Gasteiger partial charge in [-0.2, -0.15) is 0 Å². The maximum Gasteiger partial charge on any atom is 0.266 e. The van der Waals surface area contributed by atoms with E-state index >= 15 is 0 Å². The highest BCUT2D eigenvalue weighted by molar-refractivity contribution is 6.35. The van der Waals surface area contributed by atoms with Gasteiger partial charge in [0.25, 0.3) is 23.6 Å². The Kier molecular flexibility index (Phi) is 5.46. The van der Waals surface area contributed by atoms with Crippen LogP contribution in [0.1, 0.15) is 62.1 Å². The number of imide groups is 2. The fraction of sp³-hybridized carbons (Fsp3) is 0. The Bertz CT molecular complexity index is 1610. The van der Waals surface area contributed by atoms with Crippen molar-refractivity contribution in [1.82, 2.24) is 0 Å². The molecule has 9 nitrogen and oxygen atoms in total. The number of anilines is 2. The molecule has 0 radical (unpaired) electrons. The molecule has 6 rings (SSSR count). The minimum Gasteiger partial charge on any atom is -0.457 e. The summed E-state index contributed by atoms with van der Waals surface area (Å²) in [5, 5.41) is 0. The van der Waals surface area contributed by atoms with Crippen LogP contribution in [0, 0.1) is 0 Å². The van der Waals surface area contributed by atoms with E-state index in [1.54, 1.807) is 48.5 Å². The van der Waals surface area contributed by atoms with Gasteiger partial charge in [0.1, 0.15) is 24.1 Å². The van der Waals surface area contributed by atoms with Crippen LogP contribution >= 0.6 is 0 Å². The SMILES string of the molecule is O=Cc1ccc2c(c1)C(=O)N(c1ccc(Oc3ccc(N4C(=O)c5ccc(C=O)cc5C4=O)cc3)cc1)C2=O. The third kappa shape index (κ3) is 3.80. The van der Waals surface area contributed by atoms with E-state index in [1.807, 2.05) is 0 Å². The van der Waals surface area contributed by atoms with E-state index in [-0.39, 0.29) is 22.3 Å². The van der Waals surface area contributed by atoms with Gasteiger partial charge in [-0.25, -0.2) is 9.80 Å². The highest BCUT2D eigenvalue weighted by Crippen LogP contribution is 2.33. The van der Waals surface area contributed by atoms with Crippen molar-refractivity contribution in [2.45, 2.75) is 0 Å². The Morgan fingerprint density at radius 3 is 1.18 bits per heavy atom. The molecule has 0 saturated heterocycles. The average Bonchev–Trinajstić information content (AvgIpc) is 3.37. The first-order valence-electron chi connectivity index (χ1n) is 11.7. The van der Waals surface area contributed by atoms with Gasteiger partial charge in [-0.15, -0.1) is 0 Å². The van der Waals surface area contributed by atoms with E-state index in [9.17, 15) is 28.8 Å². The molecule has 0 bridgehead atoms. The smallest absolute Gasteiger partial charge is 0.266 e. The molecule has 39 heavy (non-hydrogen) atoms. The van der Waals surface area contributed by atoms with E-state index in [2.05, 4.69) is 0 Å². The Morgan fingerprint density at radius 2 is 0.821 bits per heavy atom. The maximum atomic E-state index is 12.8. The molecule has 9 heteroatoms. The lowest BCUT2D eigenvalue weighted by Gasteiger charge is -2.16. The summed E-state index contributed by atoms with van der Waals surface area (Å²) in [4.78, 5) is 75.4. The summed E-state index contributed by atoms with van der Waals surface area (Å²) in [5.74, 6) is -1.14. The summed E-state index contributed by atoms with van der Waals surface area (Å²) in [6.07, 6.45) is 1.23. The molecule has 2 heterocycles. The zero-order valence-corrected chi connectivity index (χ0v) is 20.0. The van der Waals surface area contributed by atoms with Gasteiger partial charge in [0, 0.05) is 11.1 Å². The van der Waals surface area contributed by atoms with Crippen LogP contribution in [0.15, 0.2) is 84.9 Å². The Morgan fingerprint density at radius 1 is 0.462 bits per heavy atom. The molecule has 0 atom stereocenters. The van der Waals surface area contributed by atoms with Crippen LogP contribution in [0.2, 0.25) is 0 Å². The van der Waals surface area contributed by atoms with Crippen molar-refractivity contribution in [1.29, 1.82) is 0 Å². The predicted octanol–water partition coefficient (Wildman–Crippen LogP) is 4.71. The van der Waals surface area contributed by atoms with Gasteiger partial charge in [-0.05, 0) is 72.8 Å². The molecule has 4 aromatic rings. The van der Waals surface area contributed by atoms with E-state index in [0.29, 0.717) is 46.6 Å². The number of rotatable bonds is 6. The molecular weight excluding hydrogens is 500 g/mol. The maximum absolute atomic E-state index is 12.8. The summed E-state index contributed by atoms with van der Waals surface area (Å²) in [6, 6.07) is 21.3. The van der Waals surface area contributed by atoms with E-state index in [4.69, 9.17) is 4.74 Å². The lowest BCUT2D eigenvalue weighted by Crippen LogP contribution is -2.29. The van der Waals surface area contributed by atoms with Gasteiger partial charge >= 0.3 is 0 Å². The fourth-order valence-corrected chi connectivity index (χ4v) is 4.60. The summed E-state index contributed by atoms with van der Waals surface area (Å²) >= 11 is 0. The number of fused-ring (bicyclic) bond motifs is 2. The molecule has 2 aliphatic heterocycles. The van der Waals surface area contributed by atoms with Crippen LogP contribution < -0.4 is 14.5 Å². The predicted molar refractivity (Wildman–Crippen MR) is 139 cm³/mol. The van der Waals surface area contributed by atoms with Crippen LogP contribution in [-0.2, 0) is 0 Å². The second kappa shape index (κ2) is 9.00. The minimum atomic E-state index is -0.515. The molecule has 0 fully saturated rings. The lowest BCUT2D eigenvalue weighted by molar-refractivity contribution is 0.0910. The van der Waals surface area contributed by atoms with Crippen molar-refractivity contribution in [3.05, 3.63) is 118 Å². The van der Waals surface area contributed by atoms with Gasteiger partial charge in [0.05, 0.1) is 33.6 Å². The molecule has 0 unspecified atom stereocenters. The average molecular weight is 516 g/mol. The van der Waals surface area contributed by atoms with Crippen LogP contribution in [0.5, 0.6) is 11.5 Å². The number of hydrogen-bond acceptors (Lipinski definition) is 7. The van der Waals surface area contributed by atoms with Crippen molar-refractivity contribution in [3.63, 3.8) is 0 Å². The first kappa shape index (κ1) is 23.7. The lowest BCUT2D eigenvalue weighted by atomic mass is 10.1. The molecule has 0 spiro atoms. The summed E-state index contributed by atoms with van der Waals surface area (Å²) in [6.45, 7) is 0. The quantitative estimate of drug-likeness (QED) is 0.269. The Balaban J connectivity index is 1.17. The summed E-state index contributed by atoms with van der Waals surface area (Å²) in [5.41, 5.74) is 2.11. The number of benzene rings is 4. The van der Waals surface area contributed by atoms with Crippen LogP contribution in [0.4, 0.5) is 11.4 Å². The molecule has 0 N–H and O–H groups in total. The monoisotopic (exact) mass is 516 g/mol. The molecule has 0 aliphatic carbocycles. The van der Waals surface area contributed by atoms with Crippen molar-refractivity contribution in [2.75, 3.05) is 9.80 Å². The second-order valence-electron chi connectivity index (χ2n) is 8.83. The van der Waals surface area contributed by atoms with Crippen LogP contribution in [0.25, 0.3) is 0 Å². The first-order chi connectivity index (χ1) is 18.9. The van der Waals surface area contributed by atoms with Gasteiger partial charge in [0.15, 0.2) is 0 Å². The molecule has 4 aromatic carbocycles. The Hall–Kier alpha value is -5.70. The third-order valence-electron chi connectivity index (χ3n) is 6.52. The first-order valence-corrected chi connectivity index (χ1v) is 11.7. The number of amides is 4. The van der Waals surface area contributed by atoms with E-state index < -0.39 is 23.6 Å². The minimum absolute atomic E-state index is 0.173. The van der Waals surface area contributed by atoms with E-state index in [1.165, 1.54) is 36.4 Å². The van der Waals surface area contributed by atoms with Crippen molar-refractivity contribution in [2.24, 2.45) is 0 Å². The van der Waals surface area contributed by atoms with Crippen LogP contribution in [0.3, 0.4) is 0 Å². The molecule has 188 valence electrons. The Labute approximate surface area is 220 Å². The fourth-order valence-electron chi connectivity index (χ4n) is 4.60. The number of carbonyl (C=O) groups excluding carboxylic acids is 6. The zero-order chi connectivity index (χ0) is 27.3. The molecule has 2 aliphatic rings. The number of hydrogen-bond donors (Lipinski definition) is 0. The highest BCUT2D eigenvalue weighted by Gasteiger charge is 2.38. The van der Waals surface area contributed by atoms with Gasteiger partial charge < -0.3 is 4.74 Å². The van der Waals surface area contributed by atoms with Crippen molar-refractivity contribution in [3.8, 4) is 11.5 Å². The topological polar surface area (TPSA) is 118 Å². The highest BCUT2D eigenvalue weighted by atomic mass is 16.5. The number of ether oxygens (including phenoxy) is 1. The molecule has 0 saturated carbocycles. The van der Waals surface area contributed by atoms with E-state index in [0.717, 1.165) is 9.80 Å². The molecular formula is C30H16N2O7. The number of nitrogens with zero attached hydrogens (tertiary/aromatic N) is 2. The number of aldehydes is 2. The van der Waals surface area contributed by atoms with Crippen LogP contribution in [-0.4, -0.2) is 36.2 Å². The van der Waals surface area contributed by atoms with Gasteiger partial charge in [0.2, 0.25) is 0 Å². The standard InChI is InChI=1S/C30H16N2O7/c33-15-17-1-11-23-25(13-17)29(37)31(27(23)35)19-3-7-21(8-4-19)39-22-9-5-20(6-10-22)32-28(36)24-12-2-18(16-34)14-26(24)30(32)38/h1-16H. The summed E-state index contributed by atoms with van der Waals surface area (Å²) < 4.78 is 5.85. The second-order valence-corrected chi connectivity index (χ2v) is 8.83. The zero-order valence-electron chi connectivity index (χ0n) is 20.0. The normalized spacial score (nSPS) is 13.9.